The van der Waals surface area contributed by atoms with Crippen LogP contribution in [0.5, 0.6) is 5.75 Å². The van der Waals surface area contributed by atoms with Crippen LogP contribution < -0.4 is 0 Å². The Morgan fingerprint density at radius 3 is 2.00 bits per heavy atom. The molecule has 18 heavy (non-hydrogen) atoms. The molecule has 0 aliphatic heterocycles. The molecule has 102 valence electrons. The van der Waals surface area contributed by atoms with Gasteiger partial charge in [-0.25, -0.2) is 8.42 Å². The van der Waals surface area contributed by atoms with Crippen LogP contribution in [0, 0.1) is 0 Å². The van der Waals surface area contributed by atoms with Gasteiger partial charge in [0, 0.05) is 13.1 Å². The normalized spacial score (nSPS) is 14.8. The van der Waals surface area contributed by atoms with Gasteiger partial charge in [0.25, 0.3) is 0 Å². The fourth-order valence-electron chi connectivity index (χ4n) is 1.60. The van der Waals surface area contributed by atoms with Gasteiger partial charge in [-0.2, -0.15) is 4.31 Å². The zero-order chi connectivity index (χ0) is 14.1. The molecule has 0 fully saturated rings. The number of phenolic OH excluding ortho intramolecular Hbond substituents is 1. The Labute approximate surface area is 109 Å². The maximum Gasteiger partial charge on any atom is 0.219 e. The summed E-state index contributed by atoms with van der Waals surface area (Å²) in [6.07, 6.45) is 0. The Morgan fingerprint density at radius 1 is 1.17 bits per heavy atom. The number of nitrogens with zero attached hydrogens (tertiary/aromatic N) is 1. The highest BCUT2D eigenvalue weighted by atomic mass is 32.2. The molecule has 1 aromatic carbocycles. The Bertz CT molecular complexity index is 500. The monoisotopic (exact) mass is 271 g/mol. The van der Waals surface area contributed by atoms with Gasteiger partial charge in [-0.3, -0.25) is 0 Å². The van der Waals surface area contributed by atoms with Crippen molar-refractivity contribution in [2.75, 3.05) is 7.05 Å². The maximum atomic E-state index is 12.3. The van der Waals surface area contributed by atoms with Crippen LogP contribution in [0.1, 0.15) is 39.3 Å². The lowest BCUT2D eigenvalue weighted by Gasteiger charge is -2.31. The van der Waals surface area contributed by atoms with Crippen LogP contribution in [0.3, 0.4) is 0 Å². The molecular formula is C13H21NO3S. The summed E-state index contributed by atoms with van der Waals surface area (Å²) >= 11 is 0. The standard InChI is InChI=1S/C13H21NO3S/c1-10(11-6-8-12(15)9-7-11)14(5)18(16,17)13(2,3)4/h6-10,15H,1-5H3. The lowest BCUT2D eigenvalue weighted by atomic mass is 10.1. The summed E-state index contributed by atoms with van der Waals surface area (Å²) in [7, 11) is -1.78. The van der Waals surface area contributed by atoms with E-state index in [1.807, 2.05) is 6.92 Å². The molecule has 1 N–H and O–H groups in total. The molecule has 0 aliphatic carbocycles. The van der Waals surface area contributed by atoms with Crippen molar-refractivity contribution in [3.05, 3.63) is 29.8 Å². The van der Waals surface area contributed by atoms with Crippen molar-refractivity contribution in [1.29, 1.82) is 0 Å². The predicted molar refractivity (Wildman–Crippen MR) is 73.0 cm³/mol. The first-order valence-corrected chi connectivity index (χ1v) is 7.28. The fourth-order valence-corrected chi connectivity index (χ4v) is 3.00. The van der Waals surface area contributed by atoms with Gasteiger partial charge in [0.1, 0.15) is 5.75 Å². The smallest absolute Gasteiger partial charge is 0.219 e. The van der Waals surface area contributed by atoms with E-state index in [1.54, 1.807) is 52.1 Å². The lowest BCUT2D eigenvalue weighted by Crippen LogP contribution is -2.41. The van der Waals surface area contributed by atoms with Crippen LogP contribution in [0.15, 0.2) is 24.3 Å². The second kappa shape index (κ2) is 4.90. The Morgan fingerprint density at radius 2 is 1.61 bits per heavy atom. The van der Waals surface area contributed by atoms with Crippen molar-refractivity contribution in [1.82, 2.24) is 4.31 Å². The molecule has 0 aromatic heterocycles. The number of rotatable bonds is 3. The van der Waals surface area contributed by atoms with E-state index in [1.165, 1.54) is 4.31 Å². The van der Waals surface area contributed by atoms with Crippen molar-refractivity contribution in [2.45, 2.75) is 38.5 Å². The van der Waals surface area contributed by atoms with Gasteiger partial charge in [0.05, 0.1) is 4.75 Å². The van der Waals surface area contributed by atoms with Crippen LogP contribution in [-0.4, -0.2) is 29.6 Å². The van der Waals surface area contributed by atoms with E-state index in [0.29, 0.717) is 0 Å². The molecule has 0 amide bonds. The van der Waals surface area contributed by atoms with E-state index in [4.69, 9.17) is 0 Å². The van der Waals surface area contributed by atoms with Gasteiger partial charge in [0.2, 0.25) is 10.0 Å². The third-order valence-corrected chi connectivity index (χ3v) is 5.70. The van der Waals surface area contributed by atoms with Crippen LogP contribution in [0.4, 0.5) is 0 Å². The minimum absolute atomic E-state index is 0.173. The van der Waals surface area contributed by atoms with Gasteiger partial charge in [-0.05, 0) is 45.4 Å². The van der Waals surface area contributed by atoms with E-state index in [-0.39, 0.29) is 11.8 Å². The summed E-state index contributed by atoms with van der Waals surface area (Å²) < 4.78 is 25.2. The number of hydrogen-bond acceptors (Lipinski definition) is 3. The highest BCUT2D eigenvalue weighted by Gasteiger charge is 2.35. The molecule has 0 saturated carbocycles. The zero-order valence-corrected chi connectivity index (χ0v) is 12.3. The second-order valence-electron chi connectivity index (χ2n) is 5.40. The molecule has 0 aliphatic rings. The number of phenols is 1. The molecule has 1 unspecified atom stereocenters. The van der Waals surface area contributed by atoms with Crippen molar-refractivity contribution in [3.63, 3.8) is 0 Å². The number of benzene rings is 1. The molecule has 0 bridgehead atoms. The van der Waals surface area contributed by atoms with Crippen molar-refractivity contribution >= 4 is 10.0 Å². The summed E-state index contributed by atoms with van der Waals surface area (Å²) in [6.45, 7) is 6.88. The van der Waals surface area contributed by atoms with Gasteiger partial charge in [0.15, 0.2) is 0 Å². The molecule has 4 nitrogen and oxygen atoms in total. The molecule has 5 heteroatoms. The van der Waals surface area contributed by atoms with Gasteiger partial charge >= 0.3 is 0 Å². The molecule has 0 spiro atoms. The minimum atomic E-state index is -3.36. The van der Waals surface area contributed by atoms with Crippen molar-refractivity contribution < 1.29 is 13.5 Å². The average molecular weight is 271 g/mol. The van der Waals surface area contributed by atoms with E-state index < -0.39 is 14.8 Å². The Kier molecular flexibility index (Phi) is 4.08. The van der Waals surface area contributed by atoms with Crippen molar-refractivity contribution in [2.24, 2.45) is 0 Å². The third-order valence-electron chi connectivity index (χ3n) is 3.07. The highest BCUT2D eigenvalue weighted by molar-refractivity contribution is 7.90. The molecule has 1 rings (SSSR count). The first kappa shape index (κ1) is 15.0. The molecule has 0 radical (unpaired) electrons. The minimum Gasteiger partial charge on any atom is -0.508 e. The summed E-state index contributed by atoms with van der Waals surface area (Å²) in [5.74, 6) is 0.173. The Hall–Kier alpha value is -1.07. The second-order valence-corrected chi connectivity index (χ2v) is 8.15. The topological polar surface area (TPSA) is 57.6 Å². The van der Waals surface area contributed by atoms with E-state index in [0.717, 1.165) is 5.56 Å². The zero-order valence-electron chi connectivity index (χ0n) is 11.5. The SMILES string of the molecule is CC(c1ccc(O)cc1)N(C)S(=O)(=O)C(C)(C)C. The fraction of sp³-hybridized carbons (Fsp3) is 0.538. The highest BCUT2D eigenvalue weighted by Crippen LogP contribution is 2.28. The molecule has 0 saturated heterocycles. The van der Waals surface area contributed by atoms with E-state index in [2.05, 4.69) is 0 Å². The molecule has 1 aromatic rings. The summed E-state index contributed by atoms with van der Waals surface area (Å²) in [5.41, 5.74) is 0.850. The van der Waals surface area contributed by atoms with Crippen LogP contribution in [-0.2, 0) is 10.0 Å². The number of aromatic hydroxyl groups is 1. The first-order valence-electron chi connectivity index (χ1n) is 5.84. The third kappa shape index (κ3) is 2.84. The average Bonchev–Trinajstić information content (AvgIpc) is 2.26. The molecular weight excluding hydrogens is 250 g/mol. The largest absolute Gasteiger partial charge is 0.508 e. The van der Waals surface area contributed by atoms with Gasteiger partial charge in [-0.15, -0.1) is 0 Å². The van der Waals surface area contributed by atoms with E-state index >= 15 is 0 Å². The summed E-state index contributed by atoms with van der Waals surface area (Å²) in [4.78, 5) is 0. The Balaban J connectivity index is 3.05. The van der Waals surface area contributed by atoms with Crippen molar-refractivity contribution in [3.8, 4) is 5.75 Å². The predicted octanol–water partition coefficient (Wildman–Crippen LogP) is 2.51. The van der Waals surface area contributed by atoms with E-state index in [9.17, 15) is 13.5 Å². The van der Waals surface area contributed by atoms with Crippen LogP contribution >= 0.6 is 0 Å². The van der Waals surface area contributed by atoms with Gasteiger partial charge < -0.3 is 5.11 Å². The molecule has 0 heterocycles. The number of sulfonamides is 1. The number of hydrogen-bond donors (Lipinski definition) is 1. The lowest BCUT2D eigenvalue weighted by molar-refractivity contribution is 0.382. The van der Waals surface area contributed by atoms with Crippen LogP contribution in [0.2, 0.25) is 0 Å². The summed E-state index contributed by atoms with van der Waals surface area (Å²) in [6, 6.07) is 6.31. The van der Waals surface area contributed by atoms with Gasteiger partial charge in [-0.1, -0.05) is 12.1 Å². The summed E-state index contributed by atoms with van der Waals surface area (Å²) in [5, 5.41) is 9.23. The molecule has 1 atom stereocenters. The first-order chi connectivity index (χ1) is 8.07. The maximum absolute atomic E-state index is 12.3. The quantitative estimate of drug-likeness (QED) is 0.919. The van der Waals surface area contributed by atoms with Crippen LogP contribution in [0.25, 0.3) is 0 Å².